The Kier molecular flexibility index (Phi) is 3.60. The van der Waals surface area contributed by atoms with Crippen LogP contribution in [-0.2, 0) is 0 Å². The van der Waals surface area contributed by atoms with Crippen molar-refractivity contribution < 1.29 is 14.4 Å². The summed E-state index contributed by atoms with van der Waals surface area (Å²) in [4.78, 5) is 38.3. The molecule has 4 nitrogen and oxygen atoms in total. The number of hydrogen-bond donors (Lipinski definition) is 0. The Morgan fingerprint density at radius 3 is 1.96 bits per heavy atom. The van der Waals surface area contributed by atoms with Crippen LogP contribution in [0.15, 0.2) is 36.4 Å². The van der Waals surface area contributed by atoms with Crippen LogP contribution in [0, 0.1) is 20.8 Å². The van der Waals surface area contributed by atoms with Crippen LogP contribution in [0.2, 0.25) is 0 Å². The molecule has 3 rings (SSSR count). The molecular weight excluding hydrogens is 290 g/mol. The van der Waals surface area contributed by atoms with E-state index in [0.29, 0.717) is 16.7 Å². The molecule has 1 heterocycles. The van der Waals surface area contributed by atoms with Crippen molar-refractivity contribution in [3.05, 3.63) is 69.8 Å². The van der Waals surface area contributed by atoms with Crippen molar-refractivity contribution >= 4 is 17.6 Å². The normalized spacial score (nSPS) is 13.4. The van der Waals surface area contributed by atoms with Crippen molar-refractivity contribution in [2.45, 2.75) is 20.8 Å². The molecule has 1 aliphatic rings. The number of aryl methyl sites for hydroxylation is 3. The van der Waals surface area contributed by atoms with E-state index in [1.807, 2.05) is 32.9 Å². The van der Waals surface area contributed by atoms with E-state index in [1.54, 1.807) is 24.3 Å². The standard InChI is InChI=1S/C19H17NO3/c1-11-8-13(3)16(9-12(11)2)17(21)10-20-18(22)14-6-4-5-7-15(14)19(20)23/h4-9H,10H2,1-3H3. The van der Waals surface area contributed by atoms with Crippen molar-refractivity contribution in [3.63, 3.8) is 0 Å². The minimum Gasteiger partial charge on any atom is -0.292 e. The minimum absolute atomic E-state index is 0.222. The van der Waals surface area contributed by atoms with Crippen molar-refractivity contribution in [2.24, 2.45) is 0 Å². The first-order chi connectivity index (χ1) is 10.9. The fourth-order valence-corrected chi connectivity index (χ4v) is 2.87. The summed E-state index contributed by atoms with van der Waals surface area (Å²) in [6.45, 7) is 5.56. The predicted octanol–water partition coefficient (Wildman–Crippen LogP) is 3.09. The second-order valence-electron chi connectivity index (χ2n) is 5.92. The number of Topliss-reactive ketones (excluding diaryl/α,β-unsaturated/α-hetero) is 1. The SMILES string of the molecule is Cc1cc(C)c(C(=O)CN2C(=O)c3ccccc3C2=O)cc1C. The Morgan fingerprint density at radius 2 is 1.39 bits per heavy atom. The van der Waals surface area contributed by atoms with Crippen molar-refractivity contribution in [1.82, 2.24) is 4.90 Å². The summed E-state index contributed by atoms with van der Waals surface area (Å²) >= 11 is 0. The highest BCUT2D eigenvalue weighted by molar-refractivity contribution is 6.23. The van der Waals surface area contributed by atoms with Gasteiger partial charge in [-0.2, -0.15) is 0 Å². The lowest BCUT2D eigenvalue weighted by atomic mass is 9.98. The number of ketones is 1. The van der Waals surface area contributed by atoms with Crippen molar-refractivity contribution in [3.8, 4) is 0 Å². The second kappa shape index (κ2) is 5.47. The van der Waals surface area contributed by atoms with Gasteiger partial charge in [-0.25, -0.2) is 0 Å². The maximum atomic E-state index is 12.6. The molecule has 2 aromatic carbocycles. The number of rotatable bonds is 3. The van der Waals surface area contributed by atoms with Gasteiger partial charge in [-0.15, -0.1) is 0 Å². The quantitative estimate of drug-likeness (QED) is 0.647. The Balaban J connectivity index is 1.89. The van der Waals surface area contributed by atoms with Gasteiger partial charge in [0, 0.05) is 5.56 Å². The van der Waals surface area contributed by atoms with E-state index in [-0.39, 0.29) is 12.3 Å². The molecule has 0 fully saturated rings. The molecule has 0 bridgehead atoms. The van der Waals surface area contributed by atoms with Crippen LogP contribution >= 0.6 is 0 Å². The van der Waals surface area contributed by atoms with E-state index < -0.39 is 11.8 Å². The van der Waals surface area contributed by atoms with E-state index >= 15 is 0 Å². The van der Waals surface area contributed by atoms with Crippen LogP contribution in [0.3, 0.4) is 0 Å². The third kappa shape index (κ3) is 2.46. The molecule has 2 aromatic rings. The summed E-state index contributed by atoms with van der Waals surface area (Å²) in [5.41, 5.74) is 4.27. The van der Waals surface area contributed by atoms with Gasteiger partial charge < -0.3 is 0 Å². The molecule has 2 amide bonds. The Bertz CT molecular complexity index is 817. The maximum Gasteiger partial charge on any atom is 0.261 e. The zero-order chi connectivity index (χ0) is 16.7. The number of imide groups is 1. The third-order valence-corrected chi connectivity index (χ3v) is 4.32. The maximum absolute atomic E-state index is 12.6. The van der Waals surface area contributed by atoms with E-state index in [1.165, 1.54) is 0 Å². The number of hydrogen-bond acceptors (Lipinski definition) is 3. The van der Waals surface area contributed by atoms with E-state index in [4.69, 9.17) is 0 Å². The molecular formula is C19H17NO3. The number of fused-ring (bicyclic) bond motifs is 1. The van der Waals surface area contributed by atoms with E-state index in [0.717, 1.165) is 21.6 Å². The summed E-state index contributed by atoms with van der Waals surface area (Å²) in [6.07, 6.45) is 0. The fraction of sp³-hybridized carbons (Fsp3) is 0.211. The Hall–Kier alpha value is -2.75. The summed E-state index contributed by atoms with van der Waals surface area (Å²) < 4.78 is 0. The number of benzene rings is 2. The molecule has 23 heavy (non-hydrogen) atoms. The predicted molar refractivity (Wildman–Crippen MR) is 86.8 cm³/mol. The molecule has 4 heteroatoms. The first-order valence-corrected chi connectivity index (χ1v) is 7.46. The lowest BCUT2D eigenvalue weighted by molar-refractivity contribution is 0.0624. The van der Waals surface area contributed by atoms with Crippen LogP contribution in [0.4, 0.5) is 0 Å². The van der Waals surface area contributed by atoms with Gasteiger partial charge in [0.1, 0.15) is 0 Å². The smallest absolute Gasteiger partial charge is 0.261 e. The molecule has 0 saturated heterocycles. The van der Waals surface area contributed by atoms with Crippen LogP contribution in [-0.4, -0.2) is 29.0 Å². The van der Waals surface area contributed by atoms with Gasteiger partial charge >= 0.3 is 0 Å². The molecule has 1 aliphatic heterocycles. The van der Waals surface area contributed by atoms with Crippen molar-refractivity contribution in [1.29, 1.82) is 0 Å². The first kappa shape index (κ1) is 15.2. The van der Waals surface area contributed by atoms with Crippen LogP contribution in [0.1, 0.15) is 47.8 Å². The lowest BCUT2D eigenvalue weighted by Crippen LogP contribution is -2.35. The summed E-state index contributed by atoms with van der Waals surface area (Å²) in [5.74, 6) is -1.03. The largest absolute Gasteiger partial charge is 0.292 e. The zero-order valence-corrected chi connectivity index (χ0v) is 13.3. The van der Waals surface area contributed by atoms with Gasteiger partial charge in [-0.05, 0) is 55.7 Å². The Labute approximate surface area is 134 Å². The van der Waals surface area contributed by atoms with Gasteiger partial charge in [-0.3, -0.25) is 19.3 Å². The van der Waals surface area contributed by atoms with Crippen LogP contribution < -0.4 is 0 Å². The highest BCUT2D eigenvalue weighted by Gasteiger charge is 2.36. The first-order valence-electron chi connectivity index (χ1n) is 7.46. The van der Waals surface area contributed by atoms with Gasteiger partial charge in [0.2, 0.25) is 0 Å². The van der Waals surface area contributed by atoms with E-state index in [9.17, 15) is 14.4 Å². The molecule has 0 spiro atoms. The number of carbonyl (C=O) groups is 3. The fourth-order valence-electron chi connectivity index (χ4n) is 2.87. The molecule has 0 unspecified atom stereocenters. The molecule has 116 valence electrons. The summed E-state index contributed by atoms with van der Waals surface area (Å²) in [7, 11) is 0. The molecule has 0 radical (unpaired) electrons. The summed E-state index contributed by atoms with van der Waals surface area (Å²) in [6, 6.07) is 10.4. The summed E-state index contributed by atoms with van der Waals surface area (Å²) in [5, 5.41) is 0. The highest BCUT2D eigenvalue weighted by atomic mass is 16.2. The number of nitrogens with zero attached hydrogens (tertiary/aromatic N) is 1. The Morgan fingerprint density at radius 1 is 0.870 bits per heavy atom. The highest BCUT2D eigenvalue weighted by Crippen LogP contribution is 2.23. The third-order valence-electron chi connectivity index (χ3n) is 4.32. The topological polar surface area (TPSA) is 54.5 Å². The van der Waals surface area contributed by atoms with Crippen LogP contribution in [0.5, 0.6) is 0 Å². The molecule has 0 aromatic heterocycles. The zero-order valence-electron chi connectivity index (χ0n) is 13.3. The average Bonchev–Trinajstić information content (AvgIpc) is 2.76. The lowest BCUT2D eigenvalue weighted by Gasteiger charge is -2.15. The molecule has 0 saturated carbocycles. The average molecular weight is 307 g/mol. The number of amides is 2. The van der Waals surface area contributed by atoms with Crippen LogP contribution in [0.25, 0.3) is 0 Å². The molecule has 0 aliphatic carbocycles. The van der Waals surface area contributed by atoms with Crippen molar-refractivity contribution in [2.75, 3.05) is 6.54 Å². The molecule has 0 N–H and O–H groups in total. The van der Waals surface area contributed by atoms with Gasteiger partial charge in [0.25, 0.3) is 11.8 Å². The monoisotopic (exact) mass is 307 g/mol. The minimum atomic E-state index is -0.402. The van der Waals surface area contributed by atoms with Gasteiger partial charge in [0.05, 0.1) is 17.7 Å². The molecule has 0 atom stereocenters. The second-order valence-corrected chi connectivity index (χ2v) is 5.92. The van der Waals surface area contributed by atoms with E-state index in [2.05, 4.69) is 0 Å². The van der Waals surface area contributed by atoms with Gasteiger partial charge in [-0.1, -0.05) is 18.2 Å². The number of carbonyl (C=O) groups excluding carboxylic acids is 3. The van der Waals surface area contributed by atoms with Gasteiger partial charge in [0.15, 0.2) is 5.78 Å².